The summed E-state index contributed by atoms with van der Waals surface area (Å²) in [5.74, 6) is 0.0856. The predicted octanol–water partition coefficient (Wildman–Crippen LogP) is 5.21. The number of nitrogens with one attached hydrogen (secondary N) is 1. The molecule has 1 atom stereocenters. The number of benzene rings is 1. The van der Waals surface area contributed by atoms with Gasteiger partial charge in [0.1, 0.15) is 11.3 Å². The Labute approximate surface area is 150 Å². The van der Waals surface area contributed by atoms with Crippen LogP contribution in [0.2, 0.25) is 0 Å². The van der Waals surface area contributed by atoms with Crippen molar-refractivity contribution < 1.29 is 22.6 Å². The summed E-state index contributed by atoms with van der Waals surface area (Å²) >= 11 is 0. The van der Waals surface area contributed by atoms with Crippen LogP contribution in [0.4, 0.5) is 24.8 Å². The van der Waals surface area contributed by atoms with E-state index in [1.54, 1.807) is 31.2 Å². The Morgan fingerprint density at radius 2 is 1.92 bits per heavy atom. The third kappa shape index (κ3) is 5.24. The molecule has 0 radical (unpaired) electrons. The summed E-state index contributed by atoms with van der Waals surface area (Å²) in [6, 6.07) is 7.09. The molecule has 1 aromatic carbocycles. The molecule has 0 saturated heterocycles. The van der Waals surface area contributed by atoms with Crippen LogP contribution < -0.4 is 14.8 Å². The maximum Gasteiger partial charge on any atom is 0.423 e. The number of para-hydroxylation sites is 2. The number of alkyl halides is 3. The molecule has 0 spiro atoms. The lowest BCUT2D eigenvalue weighted by molar-refractivity contribution is -0.139. The highest BCUT2D eigenvalue weighted by molar-refractivity contribution is 5.62. The van der Waals surface area contributed by atoms with Crippen molar-refractivity contribution in [2.75, 3.05) is 11.9 Å². The Morgan fingerprint density at radius 3 is 2.58 bits per heavy atom. The van der Waals surface area contributed by atoms with Crippen molar-refractivity contribution in [2.24, 2.45) is 0 Å². The molecule has 0 aliphatic heterocycles. The van der Waals surface area contributed by atoms with E-state index < -0.39 is 23.7 Å². The number of rotatable bonds is 8. The number of hydrogen-bond donors (Lipinski definition) is 1. The van der Waals surface area contributed by atoms with E-state index in [9.17, 15) is 13.2 Å². The van der Waals surface area contributed by atoms with E-state index in [0.29, 0.717) is 24.5 Å². The lowest BCUT2D eigenvalue weighted by Crippen LogP contribution is -2.17. The zero-order chi connectivity index (χ0) is 19.2. The fourth-order valence-corrected chi connectivity index (χ4v) is 2.01. The molecule has 1 unspecified atom stereocenters. The highest BCUT2D eigenvalue weighted by atomic mass is 19.4. The third-order valence-electron chi connectivity index (χ3n) is 3.54. The van der Waals surface area contributed by atoms with E-state index in [1.165, 1.54) is 0 Å². The van der Waals surface area contributed by atoms with Gasteiger partial charge in [0.05, 0.1) is 18.4 Å². The Morgan fingerprint density at radius 1 is 1.19 bits per heavy atom. The van der Waals surface area contributed by atoms with Crippen molar-refractivity contribution in [1.29, 1.82) is 0 Å². The quantitative estimate of drug-likeness (QED) is 0.693. The van der Waals surface area contributed by atoms with Gasteiger partial charge in [-0.25, -0.2) is 4.98 Å². The van der Waals surface area contributed by atoms with Gasteiger partial charge in [0.25, 0.3) is 0 Å². The van der Waals surface area contributed by atoms with E-state index in [2.05, 4.69) is 15.3 Å². The smallest absolute Gasteiger partial charge is 0.423 e. The number of ether oxygens (including phenoxy) is 2. The van der Waals surface area contributed by atoms with E-state index in [-0.39, 0.29) is 5.95 Å². The monoisotopic (exact) mass is 369 g/mol. The van der Waals surface area contributed by atoms with Crippen LogP contribution in [0.15, 0.2) is 30.5 Å². The van der Waals surface area contributed by atoms with Crippen molar-refractivity contribution in [3.05, 3.63) is 36.0 Å². The average Bonchev–Trinajstić information content (AvgIpc) is 2.60. The molecule has 142 valence electrons. The first-order chi connectivity index (χ1) is 12.3. The van der Waals surface area contributed by atoms with E-state index in [4.69, 9.17) is 9.47 Å². The molecule has 0 saturated carbocycles. The topological polar surface area (TPSA) is 56.3 Å². The fraction of sp³-hybridized carbons (Fsp3) is 0.444. The number of aromatic nitrogens is 2. The lowest BCUT2D eigenvalue weighted by atomic mass is 10.3. The third-order valence-corrected chi connectivity index (χ3v) is 3.54. The second-order valence-corrected chi connectivity index (χ2v) is 5.72. The second-order valence-electron chi connectivity index (χ2n) is 5.72. The van der Waals surface area contributed by atoms with Gasteiger partial charge in [-0.05, 0) is 31.9 Å². The van der Waals surface area contributed by atoms with Gasteiger partial charge in [0.2, 0.25) is 11.8 Å². The molecular weight excluding hydrogens is 347 g/mol. The molecule has 2 rings (SSSR count). The van der Waals surface area contributed by atoms with Crippen molar-refractivity contribution in [2.45, 2.75) is 45.9 Å². The minimum atomic E-state index is -4.59. The van der Waals surface area contributed by atoms with Gasteiger partial charge in [-0.3, -0.25) is 0 Å². The number of nitrogens with zero attached hydrogens (tertiary/aromatic N) is 2. The van der Waals surface area contributed by atoms with Gasteiger partial charge >= 0.3 is 6.18 Å². The van der Waals surface area contributed by atoms with Crippen molar-refractivity contribution >= 4 is 11.6 Å². The first-order valence-corrected chi connectivity index (χ1v) is 8.44. The van der Waals surface area contributed by atoms with Crippen LogP contribution in [-0.4, -0.2) is 22.7 Å². The zero-order valence-corrected chi connectivity index (χ0v) is 14.9. The minimum Gasteiger partial charge on any atom is -0.491 e. The molecule has 0 amide bonds. The fourth-order valence-electron chi connectivity index (χ4n) is 2.01. The maximum absolute atomic E-state index is 13.2. The summed E-state index contributed by atoms with van der Waals surface area (Å²) < 4.78 is 50.5. The highest BCUT2D eigenvalue weighted by Crippen LogP contribution is 2.36. The number of anilines is 2. The SMILES string of the molecule is CCCOc1ccccc1Nc1ncc(C(F)(F)F)c(OC(C)CC)n1. The Hall–Kier alpha value is -2.51. The van der Waals surface area contributed by atoms with Gasteiger partial charge in [0, 0.05) is 6.20 Å². The normalized spacial score (nSPS) is 12.5. The summed E-state index contributed by atoms with van der Waals surface area (Å²) in [6.07, 6.45) is -2.89. The largest absolute Gasteiger partial charge is 0.491 e. The van der Waals surface area contributed by atoms with Crippen LogP contribution in [0.1, 0.15) is 39.2 Å². The first kappa shape index (κ1) is 19.8. The van der Waals surface area contributed by atoms with Crippen molar-refractivity contribution in [3.63, 3.8) is 0 Å². The van der Waals surface area contributed by atoms with Crippen molar-refractivity contribution in [1.82, 2.24) is 9.97 Å². The highest BCUT2D eigenvalue weighted by Gasteiger charge is 2.36. The predicted molar refractivity (Wildman–Crippen MR) is 92.9 cm³/mol. The lowest BCUT2D eigenvalue weighted by Gasteiger charge is -2.17. The molecular formula is C18H22F3N3O2. The first-order valence-electron chi connectivity index (χ1n) is 8.44. The molecule has 0 aliphatic carbocycles. The zero-order valence-electron chi connectivity index (χ0n) is 14.9. The van der Waals surface area contributed by atoms with Crippen LogP contribution in [0.25, 0.3) is 0 Å². The van der Waals surface area contributed by atoms with Gasteiger partial charge in [-0.15, -0.1) is 0 Å². The molecule has 1 N–H and O–H groups in total. The van der Waals surface area contributed by atoms with E-state index in [0.717, 1.165) is 12.6 Å². The summed E-state index contributed by atoms with van der Waals surface area (Å²) in [5, 5.41) is 2.90. The molecule has 0 bridgehead atoms. The van der Waals surface area contributed by atoms with Crippen LogP contribution in [0.3, 0.4) is 0 Å². The van der Waals surface area contributed by atoms with Gasteiger partial charge < -0.3 is 14.8 Å². The van der Waals surface area contributed by atoms with Crippen LogP contribution in [-0.2, 0) is 6.18 Å². The standard InChI is InChI=1S/C18H22F3N3O2/c1-4-10-25-15-9-7-6-8-14(15)23-17-22-11-13(18(19,20)21)16(24-17)26-12(3)5-2/h6-9,11-12H,4-5,10H2,1-3H3,(H,22,23,24). The van der Waals surface area contributed by atoms with E-state index >= 15 is 0 Å². The minimum absolute atomic E-state index is 0.00357. The van der Waals surface area contributed by atoms with Gasteiger partial charge in [-0.1, -0.05) is 26.0 Å². The van der Waals surface area contributed by atoms with Crippen LogP contribution in [0, 0.1) is 0 Å². The molecule has 5 nitrogen and oxygen atoms in total. The molecule has 0 fully saturated rings. The van der Waals surface area contributed by atoms with Crippen LogP contribution >= 0.6 is 0 Å². The Bertz CT molecular complexity index is 723. The molecule has 1 aromatic heterocycles. The number of hydrogen-bond acceptors (Lipinski definition) is 5. The van der Waals surface area contributed by atoms with E-state index in [1.807, 2.05) is 13.8 Å². The molecule has 2 aromatic rings. The summed E-state index contributed by atoms with van der Waals surface area (Å²) in [4.78, 5) is 7.70. The maximum atomic E-state index is 13.2. The Balaban J connectivity index is 2.32. The Kier molecular flexibility index (Phi) is 6.65. The van der Waals surface area contributed by atoms with Crippen LogP contribution in [0.5, 0.6) is 11.6 Å². The van der Waals surface area contributed by atoms with Gasteiger partial charge in [-0.2, -0.15) is 18.2 Å². The van der Waals surface area contributed by atoms with Crippen molar-refractivity contribution in [3.8, 4) is 11.6 Å². The summed E-state index contributed by atoms with van der Waals surface area (Å²) in [6.45, 7) is 6.01. The second kappa shape index (κ2) is 8.73. The number of halogens is 3. The molecule has 26 heavy (non-hydrogen) atoms. The molecule has 0 aliphatic rings. The average molecular weight is 369 g/mol. The summed E-state index contributed by atoms with van der Waals surface area (Å²) in [5.41, 5.74) is -0.436. The molecule has 1 heterocycles. The van der Waals surface area contributed by atoms with Gasteiger partial charge in [0.15, 0.2) is 0 Å². The summed E-state index contributed by atoms with van der Waals surface area (Å²) in [7, 11) is 0. The molecule has 8 heteroatoms.